The van der Waals surface area contributed by atoms with Crippen LogP contribution in [0, 0.1) is 18.9 Å². The summed E-state index contributed by atoms with van der Waals surface area (Å²) in [4.78, 5) is 0. The van der Waals surface area contributed by atoms with E-state index in [0.29, 0.717) is 0 Å². The second kappa shape index (κ2) is 7.70. The van der Waals surface area contributed by atoms with Gasteiger partial charge in [-0.1, -0.05) is 27.2 Å². The molecule has 1 rings (SSSR count). The topological polar surface area (TPSA) is 9.23 Å². The third kappa shape index (κ3) is 5.33. The molecule has 0 saturated carbocycles. The molecule has 1 aliphatic rings. The Balaban J connectivity index is 0. The van der Waals surface area contributed by atoms with Gasteiger partial charge in [0.2, 0.25) is 0 Å². The zero-order valence-corrected chi connectivity index (χ0v) is 10.7. The zero-order valence-electron chi connectivity index (χ0n) is 7.89. The minimum Gasteiger partial charge on any atom is -0.552 e. The van der Waals surface area contributed by atoms with Gasteiger partial charge in [0.15, 0.2) is 0 Å². The van der Waals surface area contributed by atoms with Crippen LogP contribution in [-0.2, 0) is 37.4 Å². The second-order valence-corrected chi connectivity index (χ2v) is 2.64. The molecule has 0 N–H and O–H groups in total. The Kier molecular flexibility index (Phi) is 10.2. The van der Waals surface area contributed by atoms with Gasteiger partial charge in [-0.3, -0.25) is 0 Å². The molecule has 0 spiro atoms. The molecular formula is C9H18OY-2. The Morgan fingerprint density at radius 1 is 1.55 bits per heavy atom. The average Bonchev–Trinajstić information content (AvgIpc) is 2.42. The summed E-state index contributed by atoms with van der Waals surface area (Å²) in [5.41, 5.74) is 0.278. The van der Waals surface area contributed by atoms with Crippen LogP contribution in [0.15, 0.2) is 0 Å². The molecule has 1 nitrogen and oxygen atoms in total. The Morgan fingerprint density at radius 3 is 2.27 bits per heavy atom. The van der Waals surface area contributed by atoms with Gasteiger partial charge in [0.25, 0.3) is 0 Å². The van der Waals surface area contributed by atoms with Crippen molar-refractivity contribution in [1.82, 2.24) is 0 Å². The van der Waals surface area contributed by atoms with Gasteiger partial charge in [-0.25, -0.2) is 13.0 Å². The summed E-state index contributed by atoms with van der Waals surface area (Å²) >= 11 is 0. The quantitative estimate of drug-likeness (QED) is 0.630. The van der Waals surface area contributed by atoms with Crippen LogP contribution in [0.2, 0.25) is 0 Å². The van der Waals surface area contributed by atoms with E-state index in [1.54, 1.807) is 0 Å². The Labute approximate surface area is 96.2 Å². The second-order valence-electron chi connectivity index (χ2n) is 2.64. The van der Waals surface area contributed by atoms with Crippen molar-refractivity contribution in [3.8, 4) is 0 Å². The van der Waals surface area contributed by atoms with Crippen molar-refractivity contribution in [2.75, 3.05) is 6.61 Å². The van der Waals surface area contributed by atoms with Crippen LogP contribution in [0.3, 0.4) is 0 Å². The standard InChI is InChI=1S/C7H12O.C2H6.Y/c1-3-7(2)4-5-8-6-7;1-2;/h6H,1,3-5H2,2H3;1-2H3;/q-2;;. The van der Waals surface area contributed by atoms with Gasteiger partial charge in [-0.05, 0) is 0 Å². The first-order valence-electron chi connectivity index (χ1n) is 4.02. The van der Waals surface area contributed by atoms with Crippen LogP contribution >= 0.6 is 0 Å². The minimum absolute atomic E-state index is 0. The minimum atomic E-state index is 0. The fourth-order valence-corrected chi connectivity index (χ4v) is 0.795. The van der Waals surface area contributed by atoms with Gasteiger partial charge in [-0.15, -0.1) is 0 Å². The number of rotatable bonds is 1. The Morgan fingerprint density at radius 2 is 2.09 bits per heavy atom. The van der Waals surface area contributed by atoms with E-state index in [0.717, 1.165) is 19.4 Å². The summed E-state index contributed by atoms with van der Waals surface area (Å²) in [6.07, 6.45) is 2.09. The molecule has 1 saturated heterocycles. The smallest absolute Gasteiger partial charge is 0.00920 e. The summed E-state index contributed by atoms with van der Waals surface area (Å²) in [5, 5.41) is 0. The van der Waals surface area contributed by atoms with Gasteiger partial charge in [0.1, 0.15) is 0 Å². The molecule has 0 aromatic heterocycles. The van der Waals surface area contributed by atoms with E-state index in [4.69, 9.17) is 4.74 Å². The van der Waals surface area contributed by atoms with Gasteiger partial charge in [0.05, 0.1) is 0 Å². The van der Waals surface area contributed by atoms with Crippen LogP contribution < -0.4 is 0 Å². The molecule has 11 heavy (non-hydrogen) atoms. The Bertz CT molecular complexity index is 77.6. The van der Waals surface area contributed by atoms with E-state index in [1.165, 1.54) is 0 Å². The molecule has 1 radical (unpaired) electrons. The molecule has 2 heteroatoms. The van der Waals surface area contributed by atoms with Gasteiger partial charge >= 0.3 is 0 Å². The summed E-state index contributed by atoms with van der Waals surface area (Å²) in [7, 11) is 0. The summed E-state index contributed by atoms with van der Waals surface area (Å²) in [6.45, 7) is 12.8. The molecule has 0 aliphatic carbocycles. The summed E-state index contributed by atoms with van der Waals surface area (Å²) < 4.78 is 5.09. The first kappa shape index (κ1) is 14.6. The molecule has 1 atom stereocenters. The number of hydrogen-bond acceptors (Lipinski definition) is 1. The molecule has 1 aliphatic heterocycles. The van der Waals surface area contributed by atoms with E-state index in [-0.39, 0.29) is 38.1 Å². The summed E-state index contributed by atoms with van der Waals surface area (Å²) in [5.74, 6) is 0. The predicted molar refractivity (Wildman–Crippen MR) is 44.3 cm³/mol. The molecule has 1 unspecified atom stereocenters. The molecule has 1 fully saturated rings. The van der Waals surface area contributed by atoms with E-state index in [2.05, 4.69) is 13.8 Å². The van der Waals surface area contributed by atoms with E-state index in [1.807, 2.05) is 20.5 Å². The maximum Gasteiger partial charge on any atom is 0.00920 e. The third-order valence-corrected chi connectivity index (χ3v) is 1.73. The normalized spacial score (nSPS) is 28.4. The zero-order chi connectivity index (χ0) is 8.04. The maximum absolute atomic E-state index is 5.09. The predicted octanol–water partition coefficient (Wildman–Crippen LogP) is 2.82. The van der Waals surface area contributed by atoms with E-state index < -0.39 is 0 Å². The van der Waals surface area contributed by atoms with Crippen LogP contribution in [0.5, 0.6) is 0 Å². The van der Waals surface area contributed by atoms with Crippen LogP contribution in [0.1, 0.15) is 33.6 Å². The number of ether oxygens (including phenoxy) is 1. The maximum atomic E-state index is 5.09. The molecule has 0 amide bonds. The average molecular weight is 231 g/mol. The van der Waals surface area contributed by atoms with Crippen molar-refractivity contribution in [3.05, 3.63) is 13.5 Å². The molecule has 0 aromatic rings. The van der Waals surface area contributed by atoms with E-state index in [9.17, 15) is 0 Å². The van der Waals surface area contributed by atoms with Crippen LogP contribution in [0.4, 0.5) is 0 Å². The van der Waals surface area contributed by atoms with Crippen molar-refractivity contribution < 1.29 is 37.4 Å². The van der Waals surface area contributed by atoms with E-state index >= 15 is 0 Å². The fraction of sp³-hybridized carbons (Fsp3) is 0.778. The number of hydrogen-bond donors (Lipinski definition) is 0. The largest absolute Gasteiger partial charge is 0.552 e. The molecule has 1 heterocycles. The first-order valence-corrected chi connectivity index (χ1v) is 4.02. The van der Waals surface area contributed by atoms with Gasteiger partial charge in [-0.2, -0.15) is 5.41 Å². The van der Waals surface area contributed by atoms with Crippen LogP contribution in [-0.4, -0.2) is 6.61 Å². The molecule has 65 valence electrons. The molecule has 0 aromatic carbocycles. The van der Waals surface area contributed by atoms with Gasteiger partial charge in [0, 0.05) is 39.3 Å². The van der Waals surface area contributed by atoms with Crippen molar-refractivity contribution in [1.29, 1.82) is 0 Å². The van der Waals surface area contributed by atoms with Crippen molar-refractivity contribution in [2.24, 2.45) is 5.41 Å². The molecular weight excluding hydrogens is 213 g/mol. The first-order chi connectivity index (χ1) is 4.77. The van der Waals surface area contributed by atoms with Crippen molar-refractivity contribution >= 4 is 0 Å². The van der Waals surface area contributed by atoms with Crippen LogP contribution in [0.25, 0.3) is 0 Å². The Hall–Kier alpha value is 1.06. The molecule has 0 bridgehead atoms. The van der Waals surface area contributed by atoms with Crippen molar-refractivity contribution in [3.63, 3.8) is 0 Å². The SMILES string of the molecule is CC.[CH2-]CC1(C)[CH-]OCC1.[Y]. The fourth-order valence-electron chi connectivity index (χ4n) is 0.795. The van der Waals surface area contributed by atoms with Gasteiger partial charge < -0.3 is 11.7 Å². The van der Waals surface area contributed by atoms with Crippen molar-refractivity contribution in [2.45, 2.75) is 33.6 Å². The monoisotopic (exact) mass is 231 g/mol. The summed E-state index contributed by atoms with van der Waals surface area (Å²) in [6, 6.07) is 0. The third-order valence-electron chi connectivity index (χ3n) is 1.73.